The van der Waals surface area contributed by atoms with E-state index in [9.17, 15) is 14.4 Å². The Hall–Kier alpha value is -3.52. The van der Waals surface area contributed by atoms with Gasteiger partial charge < -0.3 is 9.80 Å². The van der Waals surface area contributed by atoms with Gasteiger partial charge in [0, 0.05) is 37.8 Å². The van der Waals surface area contributed by atoms with Crippen molar-refractivity contribution in [2.24, 2.45) is 11.8 Å². The second-order valence-corrected chi connectivity index (χ2v) is 11.9. The van der Waals surface area contributed by atoms with Crippen LogP contribution in [0.2, 0.25) is 0 Å². The van der Waals surface area contributed by atoms with Crippen molar-refractivity contribution in [1.29, 1.82) is 0 Å². The van der Waals surface area contributed by atoms with E-state index in [1.807, 2.05) is 24.4 Å². The molecule has 0 spiro atoms. The number of amides is 3. The lowest BCUT2D eigenvalue weighted by Gasteiger charge is -2.39. The predicted molar refractivity (Wildman–Crippen MR) is 152 cm³/mol. The molecule has 2 unspecified atom stereocenters. The predicted octanol–water partition coefficient (Wildman–Crippen LogP) is 5.20. The zero-order valence-electron chi connectivity index (χ0n) is 22.3. The van der Waals surface area contributed by atoms with Crippen molar-refractivity contribution in [3.05, 3.63) is 81.8 Å². The fraction of sp³-hybridized carbons (Fsp3) is 0.419. The number of hydrogen-bond donors (Lipinski definition) is 0. The van der Waals surface area contributed by atoms with E-state index in [2.05, 4.69) is 45.1 Å². The van der Waals surface area contributed by atoms with Crippen LogP contribution in [0, 0.1) is 11.8 Å². The van der Waals surface area contributed by atoms with Crippen LogP contribution in [0.4, 0.5) is 5.69 Å². The third-order valence-corrected chi connectivity index (χ3v) is 9.47. The van der Waals surface area contributed by atoms with Crippen molar-refractivity contribution in [2.75, 3.05) is 31.1 Å². The summed E-state index contributed by atoms with van der Waals surface area (Å²) in [4.78, 5) is 50.4. The zero-order chi connectivity index (χ0) is 26.9. The summed E-state index contributed by atoms with van der Waals surface area (Å²) < 4.78 is 0. The summed E-state index contributed by atoms with van der Waals surface area (Å²) in [7, 11) is 0. The number of anilines is 1. The van der Waals surface area contributed by atoms with Crippen LogP contribution >= 0.6 is 11.3 Å². The highest BCUT2D eigenvalue weighted by atomic mass is 32.1. The highest BCUT2D eigenvalue weighted by Crippen LogP contribution is 2.38. The van der Waals surface area contributed by atoms with Crippen molar-refractivity contribution < 1.29 is 14.4 Å². The summed E-state index contributed by atoms with van der Waals surface area (Å²) in [5.41, 5.74) is 3.03. The van der Waals surface area contributed by atoms with Crippen LogP contribution in [0.1, 0.15) is 69.9 Å². The van der Waals surface area contributed by atoms with Crippen LogP contribution in [0.25, 0.3) is 0 Å². The van der Waals surface area contributed by atoms with Gasteiger partial charge in [0.25, 0.3) is 11.8 Å². The van der Waals surface area contributed by atoms with Crippen LogP contribution in [0.15, 0.2) is 60.1 Å². The molecule has 4 heterocycles. The van der Waals surface area contributed by atoms with Gasteiger partial charge in [0.1, 0.15) is 5.01 Å². The third-order valence-electron chi connectivity index (χ3n) is 8.53. The molecule has 0 radical (unpaired) electrons. The van der Waals surface area contributed by atoms with E-state index in [4.69, 9.17) is 0 Å². The van der Waals surface area contributed by atoms with Crippen molar-refractivity contribution in [2.45, 2.75) is 45.1 Å². The molecule has 2 aromatic carbocycles. The number of hydrogen-bond acceptors (Lipinski definition) is 6. The molecule has 3 aliphatic heterocycles. The number of nitrogens with zero attached hydrogens (tertiary/aromatic N) is 4. The van der Waals surface area contributed by atoms with Crippen LogP contribution in [-0.4, -0.2) is 58.7 Å². The van der Waals surface area contributed by atoms with Crippen molar-refractivity contribution in [3.8, 4) is 0 Å². The van der Waals surface area contributed by atoms with E-state index in [-0.39, 0.29) is 23.6 Å². The van der Waals surface area contributed by atoms with Crippen molar-refractivity contribution in [1.82, 2.24) is 14.8 Å². The minimum Gasteiger partial charge on any atom is -0.370 e. The number of carbonyl (C=O) groups excluding carboxylic acids is 3. The van der Waals surface area contributed by atoms with Gasteiger partial charge in [-0.1, -0.05) is 36.4 Å². The molecule has 0 saturated carbocycles. The lowest BCUT2D eigenvalue weighted by Crippen LogP contribution is -2.47. The lowest BCUT2D eigenvalue weighted by molar-refractivity contribution is -0.137. The Morgan fingerprint density at radius 2 is 1.79 bits per heavy atom. The van der Waals surface area contributed by atoms with Gasteiger partial charge in [0.05, 0.1) is 28.8 Å². The normalized spacial score (nSPS) is 20.8. The minimum atomic E-state index is -0.425. The molecule has 0 N–H and O–H groups in total. The van der Waals surface area contributed by atoms with Crippen LogP contribution in [0.3, 0.4) is 0 Å². The first kappa shape index (κ1) is 25.7. The first-order valence-electron chi connectivity index (χ1n) is 14.0. The summed E-state index contributed by atoms with van der Waals surface area (Å²) >= 11 is 1.44. The Kier molecular flexibility index (Phi) is 7.21. The number of rotatable bonds is 6. The summed E-state index contributed by atoms with van der Waals surface area (Å²) in [6.07, 6.45) is 6.57. The van der Waals surface area contributed by atoms with Gasteiger partial charge in [-0.25, -0.2) is 4.98 Å². The SMILES string of the molecule is CC(c1nccs1)N1C(=O)c2cccc(N3CCCC(C(=O)N4CCC(Cc5ccccc5)CC4)C3)c2C1=O. The molecule has 2 saturated heterocycles. The molecule has 2 fully saturated rings. The number of fused-ring (bicyclic) bond motifs is 1. The molecule has 3 amide bonds. The summed E-state index contributed by atoms with van der Waals surface area (Å²) in [6.45, 7) is 4.80. The van der Waals surface area contributed by atoms with Crippen LogP contribution in [-0.2, 0) is 11.2 Å². The molecule has 2 atom stereocenters. The molecule has 7 nitrogen and oxygen atoms in total. The highest BCUT2D eigenvalue weighted by Gasteiger charge is 2.43. The molecule has 1 aromatic heterocycles. The molecule has 3 aliphatic rings. The number of carbonyl (C=O) groups is 3. The maximum atomic E-state index is 13.6. The van der Waals surface area contributed by atoms with E-state index < -0.39 is 6.04 Å². The average molecular weight is 543 g/mol. The van der Waals surface area contributed by atoms with Gasteiger partial charge in [0.2, 0.25) is 5.91 Å². The molecular formula is C31H34N4O3S. The Morgan fingerprint density at radius 3 is 2.54 bits per heavy atom. The molecular weight excluding hydrogens is 508 g/mol. The minimum absolute atomic E-state index is 0.0992. The maximum absolute atomic E-state index is 13.6. The van der Waals surface area contributed by atoms with Gasteiger partial charge in [-0.05, 0) is 62.6 Å². The Balaban J connectivity index is 1.13. The first-order chi connectivity index (χ1) is 19.0. The Bertz CT molecular complexity index is 1350. The summed E-state index contributed by atoms with van der Waals surface area (Å²) in [5, 5.41) is 2.59. The molecule has 3 aromatic rings. The van der Waals surface area contributed by atoms with Crippen molar-refractivity contribution >= 4 is 34.7 Å². The zero-order valence-corrected chi connectivity index (χ0v) is 23.1. The van der Waals surface area contributed by atoms with E-state index in [1.54, 1.807) is 12.3 Å². The van der Waals surface area contributed by atoms with Gasteiger partial charge in [-0.2, -0.15) is 0 Å². The van der Waals surface area contributed by atoms with E-state index in [1.165, 1.54) is 21.8 Å². The molecule has 8 heteroatoms. The van der Waals surface area contributed by atoms with Crippen LogP contribution in [0.5, 0.6) is 0 Å². The van der Waals surface area contributed by atoms with E-state index in [0.29, 0.717) is 23.6 Å². The lowest BCUT2D eigenvalue weighted by atomic mass is 9.88. The number of imide groups is 1. The average Bonchev–Trinajstić information content (AvgIpc) is 3.60. The smallest absolute Gasteiger partial charge is 0.264 e. The van der Waals surface area contributed by atoms with Gasteiger partial charge in [0.15, 0.2) is 0 Å². The molecule has 39 heavy (non-hydrogen) atoms. The van der Waals surface area contributed by atoms with Crippen LogP contribution < -0.4 is 4.90 Å². The number of thiazole rings is 1. The monoisotopic (exact) mass is 542 g/mol. The fourth-order valence-corrected chi connectivity index (χ4v) is 7.10. The maximum Gasteiger partial charge on any atom is 0.264 e. The van der Waals surface area contributed by atoms with Gasteiger partial charge in [-0.15, -0.1) is 11.3 Å². The van der Waals surface area contributed by atoms with Gasteiger partial charge >= 0.3 is 0 Å². The molecule has 6 rings (SSSR count). The Morgan fingerprint density at radius 1 is 1.00 bits per heavy atom. The summed E-state index contributed by atoms with van der Waals surface area (Å²) in [6, 6.07) is 15.7. The second kappa shape index (κ2) is 10.9. The molecule has 0 aliphatic carbocycles. The van der Waals surface area contributed by atoms with Crippen molar-refractivity contribution in [3.63, 3.8) is 0 Å². The van der Waals surface area contributed by atoms with Gasteiger partial charge in [-0.3, -0.25) is 19.3 Å². The number of aromatic nitrogens is 1. The van der Waals surface area contributed by atoms with E-state index in [0.717, 1.165) is 62.4 Å². The highest BCUT2D eigenvalue weighted by molar-refractivity contribution is 7.09. The first-order valence-corrected chi connectivity index (χ1v) is 14.9. The largest absolute Gasteiger partial charge is 0.370 e. The number of benzene rings is 2. The van der Waals surface area contributed by atoms with E-state index >= 15 is 0 Å². The fourth-order valence-electron chi connectivity index (χ4n) is 6.41. The second-order valence-electron chi connectivity index (χ2n) is 11.0. The standard InChI is InChI=1S/C31H34N4O3S/c1-21(28-32-14-18-39-28)35-30(37)25-10-5-11-26(27(25)31(35)38)34-15-6-9-24(20-34)29(36)33-16-12-23(13-17-33)19-22-7-3-2-4-8-22/h2-5,7-8,10-11,14,18,21,23-24H,6,9,12-13,15-17,19-20H2,1H3. The summed E-state index contributed by atoms with van der Waals surface area (Å²) in [5.74, 6) is 0.193. The number of piperidine rings is 2. The molecule has 202 valence electrons. The molecule has 0 bridgehead atoms. The quantitative estimate of drug-likeness (QED) is 0.401. The number of likely N-dealkylation sites (tertiary alicyclic amines) is 1. The topological polar surface area (TPSA) is 73.8 Å². The third kappa shape index (κ3) is 4.98. The Labute approximate surface area is 233 Å².